The highest BCUT2D eigenvalue weighted by Crippen LogP contribution is 2.35. The molecule has 51 heavy (non-hydrogen) atoms. The Balaban J connectivity index is 2.41. The smallest absolute Gasteiger partial charge is 0.264 e. The Labute approximate surface area is 320 Å². The van der Waals surface area contributed by atoms with Gasteiger partial charge < -0.3 is 9.47 Å². The van der Waals surface area contributed by atoms with E-state index in [0.717, 1.165) is 61.5 Å². The first-order chi connectivity index (χ1) is 24.1. The minimum absolute atomic E-state index is 0.0461. The highest BCUT2D eigenvalue weighted by molar-refractivity contribution is 7.85. The Bertz CT molecular complexity index is 910. The van der Waals surface area contributed by atoms with Crippen molar-refractivity contribution < 1.29 is 22.1 Å². The summed E-state index contributed by atoms with van der Waals surface area (Å²) in [6, 6.07) is 0. The molecule has 0 amide bonds. The Morgan fingerprint density at radius 3 is 1.16 bits per heavy atom. The van der Waals surface area contributed by atoms with Crippen molar-refractivity contribution in [3.05, 3.63) is 0 Å². The summed E-state index contributed by atoms with van der Waals surface area (Å²) >= 11 is 0. The Morgan fingerprint density at radius 2 is 0.804 bits per heavy atom. The molecule has 0 spiro atoms. The van der Waals surface area contributed by atoms with E-state index in [1.807, 2.05) is 0 Å². The van der Waals surface area contributed by atoms with Gasteiger partial charge in [0.1, 0.15) is 0 Å². The molecule has 1 rings (SSSR count). The molecule has 306 valence electrons. The molecule has 1 aliphatic heterocycles. The van der Waals surface area contributed by atoms with Gasteiger partial charge in [0, 0.05) is 18.8 Å². The van der Waals surface area contributed by atoms with Crippen LogP contribution in [-0.2, 0) is 23.8 Å². The van der Waals surface area contributed by atoms with Crippen molar-refractivity contribution in [3.63, 3.8) is 0 Å². The Kier molecular flexibility index (Phi) is 27.1. The maximum absolute atomic E-state index is 11.6. The first-order valence-electron chi connectivity index (χ1n) is 22.2. The van der Waals surface area contributed by atoms with E-state index in [4.69, 9.17) is 13.7 Å². The summed E-state index contributed by atoms with van der Waals surface area (Å²) in [4.78, 5) is 0. The van der Waals surface area contributed by atoms with Crippen molar-refractivity contribution in [2.45, 2.75) is 216 Å². The van der Waals surface area contributed by atoms with Gasteiger partial charge in [-0.2, -0.15) is 8.42 Å². The molecule has 0 aromatic carbocycles. The lowest BCUT2D eigenvalue weighted by Gasteiger charge is -2.41. The summed E-state index contributed by atoms with van der Waals surface area (Å²) in [6.45, 7) is 22.6. The third-order valence-corrected chi connectivity index (χ3v) is 12.4. The zero-order chi connectivity index (χ0) is 38.1. The largest absolute Gasteiger partial charge is 0.349 e. The number of unbranched alkanes of at least 4 members (excludes halogenated alkanes) is 4. The molecule has 0 N–H and O–H groups in total. The quantitative estimate of drug-likeness (QED) is 0.0495. The molecule has 0 aromatic heterocycles. The maximum atomic E-state index is 11.6. The van der Waals surface area contributed by atoms with Crippen LogP contribution in [0, 0.1) is 47.3 Å². The zero-order valence-electron chi connectivity index (χ0n) is 36.0. The number of rotatable bonds is 33. The van der Waals surface area contributed by atoms with E-state index >= 15 is 0 Å². The third kappa shape index (κ3) is 28.0. The topological polar surface area (TPSA) is 61.8 Å². The summed E-state index contributed by atoms with van der Waals surface area (Å²) in [5.74, 6) is 4.95. The van der Waals surface area contributed by atoms with E-state index < -0.39 is 15.9 Å². The van der Waals surface area contributed by atoms with Crippen LogP contribution in [0.15, 0.2) is 0 Å². The highest BCUT2D eigenvalue weighted by atomic mass is 32.2. The maximum Gasteiger partial charge on any atom is 0.264 e. The first-order valence-corrected chi connectivity index (χ1v) is 24.0. The molecule has 5 nitrogen and oxygen atoms in total. The SMILES string of the molecule is CC(C)CCCC(C)CCCCCCCC(C)CCC1(CCC(C)CCCC(C)CCCC(C)CCCC(C)C)OCC(COS(C)(=O)=O)CO1. The monoisotopic (exact) mass is 743 g/mol. The van der Waals surface area contributed by atoms with Crippen LogP contribution < -0.4 is 0 Å². The summed E-state index contributed by atoms with van der Waals surface area (Å²) in [6.07, 6.45) is 31.0. The average Bonchev–Trinajstić information content (AvgIpc) is 3.05. The molecular weight excluding hydrogens is 653 g/mol. The van der Waals surface area contributed by atoms with Gasteiger partial charge in [-0.05, 0) is 54.3 Å². The average molecular weight is 743 g/mol. The first kappa shape index (κ1) is 48.8. The van der Waals surface area contributed by atoms with E-state index in [0.29, 0.717) is 25.0 Å². The van der Waals surface area contributed by atoms with Gasteiger partial charge in [0.15, 0.2) is 5.79 Å². The van der Waals surface area contributed by atoms with Crippen LogP contribution in [0.2, 0.25) is 0 Å². The van der Waals surface area contributed by atoms with Gasteiger partial charge in [-0.3, -0.25) is 4.18 Å². The molecule has 5 unspecified atom stereocenters. The van der Waals surface area contributed by atoms with Crippen molar-refractivity contribution >= 4 is 10.1 Å². The molecule has 1 saturated heterocycles. The molecule has 1 fully saturated rings. The molecular formula is C45H90O5S. The normalized spacial score (nSPS) is 21.6. The molecule has 0 radical (unpaired) electrons. The van der Waals surface area contributed by atoms with E-state index in [1.54, 1.807) is 0 Å². The number of ether oxygens (including phenoxy) is 2. The summed E-state index contributed by atoms with van der Waals surface area (Å²) < 4.78 is 41.2. The number of hydrogen-bond acceptors (Lipinski definition) is 5. The lowest BCUT2D eigenvalue weighted by atomic mass is 9.88. The summed E-state index contributed by atoms with van der Waals surface area (Å²) in [5.41, 5.74) is 0. The highest BCUT2D eigenvalue weighted by Gasteiger charge is 2.38. The van der Waals surface area contributed by atoms with Gasteiger partial charge in [-0.25, -0.2) is 0 Å². The van der Waals surface area contributed by atoms with Crippen molar-refractivity contribution in [2.75, 3.05) is 26.1 Å². The van der Waals surface area contributed by atoms with Crippen LogP contribution in [0.25, 0.3) is 0 Å². The molecule has 0 bridgehead atoms. The second-order valence-corrected chi connectivity index (χ2v) is 20.5. The van der Waals surface area contributed by atoms with Crippen LogP contribution >= 0.6 is 0 Å². The van der Waals surface area contributed by atoms with Gasteiger partial charge in [0.2, 0.25) is 0 Å². The fraction of sp³-hybridized carbons (Fsp3) is 1.00. The number of hydrogen-bond donors (Lipinski definition) is 0. The standard InChI is InChI=1S/C45H90O5S/c1-37(2)20-16-24-39(5)22-14-12-11-13-15-23-42(8)30-32-45(48-34-44(35-49-45)36-50-51(10,46)47)33-31-43(9)29-19-28-41(7)27-18-26-40(6)25-17-21-38(3)4/h37-44H,11-36H2,1-10H3. The lowest BCUT2D eigenvalue weighted by Crippen LogP contribution is -2.46. The van der Waals surface area contributed by atoms with Gasteiger partial charge >= 0.3 is 0 Å². The molecule has 1 heterocycles. The van der Waals surface area contributed by atoms with Gasteiger partial charge in [-0.1, -0.05) is 184 Å². The predicted octanol–water partition coefficient (Wildman–Crippen LogP) is 13.8. The van der Waals surface area contributed by atoms with Gasteiger partial charge in [0.25, 0.3) is 10.1 Å². The van der Waals surface area contributed by atoms with Crippen molar-refractivity contribution in [1.82, 2.24) is 0 Å². The van der Waals surface area contributed by atoms with Crippen LogP contribution in [0.3, 0.4) is 0 Å². The predicted molar refractivity (Wildman–Crippen MR) is 221 cm³/mol. The lowest BCUT2D eigenvalue weighted by molar-refractivity contribution is -0.293. The van der Waals surface area contributed by atoms with Crippen molar-refractivity contribution in [2.24, 2.45) is 47.3 Å². The van der Waals surface area contributed by atoms with E-state index in [1.165, 1.54) is 122 Å². The Hall–Kier alpha value is -0.170. The zero-order valence-corrected chi connectivity index (χ0v) is 36.8. The Morgan fingerprint density at radius 1 is 0.490 bits per heavy atom. The van der Waals surface area contributed by atoms with Crippen LogP contribution in [-0.4, -0.2) is 40.3 Å². The van der Waals surface area contributed by atoms with Crippen molar-refractivity contribution in [1.29, 1.82) is 0 Å². The summed E-state index contributed by atoms with van der Waals surface area (Å²) in [7, 11) is -3.46. The summed E-state index contributed by atoms with van der Waals surface area (Å²) in [5, 5.41) is 0. The van der Waals surface area contributed by atoms with Gasteiger partial charge in [-0.15, -0.1) is 0 Å². The second kappa shape index (κ2) is 28.3. The minimum Gasteiger partial charge on any atom is -0.349 e. The van der Waals surface area contributed by atoms with E-state index in [-0.39, 0.29) is 12.5 Å². The molecule has 0 aliphatic carbocycles. The molecule has 6 heteroatoms. The fourth-order valence-electron chi connectivity index (χ4n) is 7.91. The van der Waals surface area contributed by atoms with Crippen molar-refractivity contribution in [3.8, 4) is 0 Å². The molecule has 0 aromatic rings. The van der Waals surface area contributed by atoms with E-state index in [9.17, 15) is 8.42 Å². The third-order valence-electron chi connectivity index (χ3n) is 11.9. The van der Waals surface area contributed by atoms with Crippen LogP contribution in [0.4, 0.5) is 0 Å². The van der Waals surface area contributed by atoms with Crippen LogP contribution in [0.5, 0.6) is 0 Å². The minimum atomic E-state index is -3.46. The fourth-order valence-corrected chi connectivity index (χ4v) is 8.35. The molecule has 1 aliphatic rings. The second-order valence-electron chi connectivity index (χ2n) is 18.8. The van der Waals surface area contributed by atoms with Gasteiger partial charge in [0.05, 0.1) is 26.1 Å². The van der Waals surface area contributed by atoms with E-state index in [2.05, 4.69) is 62.3 Å². The molecule has 0 saturated carbocycles. The van der Waals surface area contributed by atoms with Crippen LogP contribution in [0.1, 0.15) is 210 Å². The molecule has 5 atom stereocenters.